The summed E-state index contributed by atoms with van der Waals surface area (Å²) < 4.78 is 39.0. The van der Waals surface area contributed by atoms with Crippen molar-refractivity contribution in [3.63, 3.8) is 0 Å². The molecule has 0 N–H and O–H groups in total. The van der Waals surface area contributed by atoms with Crippen LogP contribution in [0.1, 0.15) is 43.7 Å². The van der Waals surface area contributed by atoms with Gasteiger partial charge in [-0.25, -0.2) is 18.2 Å². The predicted molar refractivity (Wildman–Crippen MR) is 150 cm³/mol. The minimum atomic E-state index is -3.17. The van der Waals surface area contributed by atoms with Crippen LogP contribution >= 0.6 is 11.3 Å². The van der Waals surface area contributed by atoms with Gasteiger partial charge in [0.1, 0.15) is 12.7 Å². The van der Waals surface area contributed by atoms with Crippen LogP contribution in [-0.2, 0) is 21.4 Å². The average molecular weight is 556 g/mol. The molecule has 2 aliphatic rings. The van der Waals surface area contributed by atoms with E-state index < -0.39 is 10.0 Å². The van der Waals surface area contributed by atoms with Gasteiger partial charge in [0.25, 0.3) is 5.19 Å². The second-order valence-corrected chi connectivity index (χ2v) is 12.7. The number of hydrogen-bond donors (Lipinski definition) is 0. The summed E-state index contributed by atoms with van der Waals surface area (Å²) in [7, 11) is -3.17. The standard InChI is InChI=1S/C28H33N3O5S2/c1-2-18-38(33,34)31-16-10-22(11-17-31)23-8-9-25-26(19-23)37-27(29-25)36-24-12-14-30(15-13-24)28(32)35-20-21-6-4-3-5-7-21/h3-10,19,24H,2,11-18,20H2,1H3. The van der Waals surface area contributed by atoms with Crippen molar-refractivity contribution in [1.29, 1.82) is 0 Å². The van der Waals surface area contributed by atoms with Gasteiger partial charge in [-0.05, 0) is 41.7 Å². The third-order valence-electron chi connectivity index (χ3n) is 6.94. The summed E-state index contributed by atoms with van der Waals surface area (Å²) in [6, 6.07) is 15.8. The number of carbonyl (C=O) groups is 1. The Labute approximate surface area is 227 Å². The molecule has 0 bridgehead atoms. The molecule has 1 amide bonds. The maximum atomic E-state index is 12.4. The van der Waals surface area contributed by atoms with Gasteiger partial charge in [-0.15, -0.1) is 0 Å². The van der Waals surface area contributed by atoms with Gasteiger partial charge >= 0.3 is 6.09 Å². The fourth-order valence-corrected chi connectivity index (χ4v) is 7.18. The number of benzene rings is 2. The number of ether oxygens (including phenoxy) is 2. The number of sulfonamides is 1. The minimum Gasteiger partial charge on any atom is -0.467 e. The Balaban J connectivity index is 1.14. The van der Waals surface area contributed by atoms with Gasteiger partial charge < -0.3 is 14.4 Å². The topological polar surface area (TPSA) is 89.0 Å². The number of amides is 1. The van der Waals surface area contributed by atoms with E-state index in [4.69, 9.17) is 9.47 Å². The van der Waals surface area contributed by atoms with E-state index in [0.717, 1.165) is 39.8 Å². The summed E-state index contributed by atoms with van der Waals surface area (Å²) in [6.45, 7) is 4.28. The zero-order valence-electron chi connectivity index (χ0n) is 21.5. The van der Waals surface area contributed by atoms with Gasteiger partial charge in [-0.3, -0.25) is 0 Å². The van der Waals surface area contributed by atoms with Gasteiger partial charge in [-0.1, -0.05) is 60.7 Å². The van der Waals surface area contributed by atoms with Crippen LogP contribution in [-0.4, -0.2) is 66.7 Å². The van der Waals surface area contributed by atoms with E-state index in [1.54, 1.807) is 9.21 Å². The first kappa shape index (κ1) is 26.6. The molecule has 0 atom stereocenters. The highest BCUT2D eigenvalue weighted by Gasteiger charge is 2.26. The summed E-state index contributed by atoms with van der Waals surface area (Å²) >= 11 is 1.52. The zero-order valence-corrected chi connectivity index (χ0v) is 23.2. The maximum Gasteiger partial charge on any atom is 0.410 e. The van der Waals surface area contributed by atoms with Crippen molar-refractivity contribution in [1.82, 2.24) is 14.2 Å². The average Bonchev–Trinajstić information content (AvgIpc) is 3.34. The molecule has 0 aliphatic carbocycles. The number of carbonyl (C=O) groups excluding carboxylic acids is 1. The summed E-state index contributed by atoms with van der Waals surface area (Å²) in [4.78, 5) is 18.8. The van der Waals surface area contributed by atoms with Crippen LogP contribution in [0.15, 0.2) is 54.6 Å². The first-order valence-electron chi connectivity index (χ1n) is 13.1. The van der Waals surface area contributed by atoms with E-state index >= 15 is 0 Å². The molecule has 3 aromatic rings. The van der Waals surface area contributed by atoms with Gasteiger partial charge in [0.05, 0.1) is 16.0 Å². The normalized spacial score (nSPS) is 17.4. The zero-order chi connectivity index (χ0) is 26.5. The lowest BCUT2D eigenvalue weighted by Crippen LogP contribution is -2.42. The molecule has 3 heterocycles. The Bertz CT molecular complexity index is 1400. The van der Waals surface area contributed by atoms with E-state index in [-0.39, 0.29) is 24.6 Å². The fraction of sp³-hybridized carbons (Fsp3) is 0.429. The number of hydrogen-bond acceptors (Lipinski definition) is 7. The van der Waals surface area contributed by atoms with Crippen molar-refractivity contribution >= 4 is 43.2 Å². The highest BCUT2D eigenvalue weighted by molar-refractivity contribution is 7.89. The number of likely N-dealkylation sites (tertiary alicyclic amines) is 1. The Morgan fingerprint density at radius 3 is 2.61 bits per heavy atom. The lowest BCUT2D eigenvalue weighted by Gasteiger charge is -2.30. The molecule has 1 saturated heterocycles. The molecule has 2 aliphatic heterocycles. The van der Waals surface area contributed by atoms with Crippen molar-refractivity contribution in [3.8, 4) is 5.19 Å². The number of nitrogens with zero attached hydrogens (tertiary/aromatic N) is 3. The van der Waals surface area contributed by atoms with Crippen molar-refractivity contribution in [2.75, 3.05) is 31.9 Å². The number of rotatable bonds is 8. The molecule has 1 aromatic heterocycles. The molecule has 0 radical (unpaired) electrons. The van der Waals surface area contributed by atoms with Crippen molar-refractivity contribution < 1.29 is 22.7 Å². The lowest BCUT2D eigenvalue weighted by molar-refractivity contribution is 0.0638. The van der Waals surface area contributed by atoms with Crippen molar-refractivity contribution in [2.45, 2.75) is 45.3 Å². The molecule has 202 valence electrons. The van der Waals surface area contributed by atoms with Crippen molar-refractivity contribution in [3.05, 3.63) is 65.7 Å². The van der Waals surface area contributed by atoms with E-state index in [9.17, 15) is 13.2 Å². The van der Waals surface area contributed by atoms with E-state index in [1.165, 1.54) is 11.3 Å². The summed E-state index contributed by atoms with van der Waals surface area (Å²) in [5, 5.41) is 0.636. The summed E-state index contributed by atoms with van der Waals surface area (Å²) in [6.07, 6.45) is 4.52. The van der Waals surface area contributed by atoms with Crippen LogP contribution in [0.2, 0.25) is 0 Å². The highest BCUT2D eigenvalue weighted by Crippen LogP contribution is 2.33. The summed E-state index contributed by atoms with van der Waals surface area (Å²) in [5.74, 6) is 0.198. The fourth-order valence-electron chi connectivity index (χ4n) is 4.82. The lowest BCUT2D eigenvalue weighted by atomic mass is 10.0. The Hall–Kier alpha value is -2.95. The van der Waals surface area contributed by atoms with Gasteiger partial charge in [0.15, 0.2) is 0 Å². The Morgan fingerprint density at radius 2 is 1.89 bits per heavy atom. The number of thiazole rings is 1. The van der Waals surface area contributed by atoms with Gasteiger partial charge in [-0.2, -0.15) is 4.31 Å². The second kappa shape index (κ2) is 11.8. The third kappa shape index (κ3) is 6.36. The highest BCUT2D eigenvalue weighted by atomic mass is 32.2. The van der Waals surface area contributed by atoms with Crippen molar-refractivity contribution in [2.24, 2.45) is 0 Å². The minimum absolute atomic E-state index is 0.00492. The smallest absolute Gasteiger partial charge is 0.410 e. The van der Waals surface area contributed by atoms with Gasteiger partial charge in [0, 0.05) is 39.0 Å². The molecule has 0 unspecified atom stereocenters. The maximum absolute atomic E-state index is 12.4. The van der Waals surface area contributed by atoms with Crippen LogP contribution in [0.5, 0.6) is 5.19 Å². The third-order valence-corrected chi connectivity index (χ3v) is 9.89. The van der Waals surface area contributed by atoms with E-state index in [1.807, 2.05) is 55.5 Å². The molecule has 1 fully saturated rings. The molecule has 0 spiro atoms. The number of fused-ring (bicyclic) bond motifs is 1. The molecule has 8 nitrogen and oxygen atoms in total. The monoisotopic (exact) mass is 555 g/mol. The summed E-state index contributed by atoms with van der Waals surface area (Å²) in [5.41, 5.74) is 4.12. The first-order valence-corrected chi connectivity index (χ1v) is 15.5. The van der Waals surface area contributed by atoms with Crippen LogP contribution in [0.25, 0.3) is 15.8 Å². The van der Waals surface area contributed by atoms with E-state index in [0.29, 0.717) is 44.2 Å². The molecule has 2 aromatic carbocycles. The molecule has 10 heteroatoms. The Kier molecular flexibility index (Phi) is 8.30. The molecule has 5 rings (SSSR count). The van der Waals surface area contributed by atoms with Gasteiger partial charge in [0.2, 0.25) is 10.0 Å². The van der Waals surface area contributed by atoms with E-state index in [2.05, 4.69) is 11.1 Å². The molecular formula is C28H33N3O5S2. The largest absolute Gasteiger partial charge is 0.467 e. The SMILES string of the molecule is CCCS(=O)(=O)N1CC=C(c2ccc3nc(OC4CCN(C(=O)OCc5ccccc5)CC4)sc3c2)CC1. The molecular weight excluding hydrogens is 522 g/mol. The Morgan fingerprint density at radius 1 is 1.11 bits per heavy atom. The second-order valence-electron chi connectivity index (χ2n) is 9.66. The molecule has 38 heavy (non-hydrogen) atoms. The molecule has 0 saturated carbocycles. The number of piperidine rings is 1. The van der Waals surface area contributed by atoms with Crippen LogP contribution < -0.4 is 4.74 Å². The first-order chi connectivity index (χ1) is 18.4. The van der Waals surface area contributed by atoms with Crippen LogP contribution in [0.4, 0.5) is 4.79 Å². The van der Waals surface area contributed by atoms with Crippen LogP contribution in [0.3, 0.4) is 0 Å². The predicted octanol–water partition coefficient (Wildman–Crippen LogP) is 5.31. The number of aromatic nitrogens is 1. The quantitative estimate of drug-likeness (QED) is 0.375. The van der Waals surface area contributed by atoms with Crippen LogP contribution in [0, 0.1) is 0 Å².